The van der Waals surface area contributed by atoms with Crippen LogP contribution in [0.5, 0.6) is 5.75 Å². The number of benzene rings is 2. The van der Waals surface area contributed by atoms with Gasteiger partial charge in [-0.25, -0.2) is 0 Å². The van der Waals surface area contributed by atoms with Gasteiger partial charge in [0.25, 0.3) is 0 Å². The number of ether oxygens (including phenoxy) is 1. The minimum atomic E-state index is -0.377. The summed E-state index contributed by atoms with van der Waals surface area (Å²) >= 11 is 0. The zero-order valence-corrected chi connectivity index (χ0v) is 15.8. The van der Waals surface area contributed by atoms with Gasteiger partial charge in [-0.05, 0) is 40.7 Å². The van der Waals surface area contributed by atoms with Crippen LogP contribution in [0, 0.1) is 16.2 Å². The van der Waals surface area contributed by atoms with E-state index < -0.39 is 0 Å². The maximum Gasteiger partial charge on any atom is 0.312 e. The van der Waals surface area contributed by atoms with E-state index in [2.05, 4.69) is 34.6 Å². The van der Waals surface area contributed by atoms with E-state index in [1.807, 2.05) is 30.3 Å². The molecule has 2 aromatic rings. The van der Waals surface area contributed by atoms with Gasteiger partial charge in [-0.1, -0.05) is 65.0 Å². The van der Waals surface area contributed by atoms with Crippen molar-refractivity contribution < 1.29 is 14.6 Å². The minimum Gasteiger partial charge on any atom is -0.507 e. The second kappa shape index (κ2) is 5.76. The molecule has 2 aromatic carbocycles. The highest BCUT2D eigenvalue weighted by Gasteiger charge is 2.67. The summed E-state index contributed by atoms with van der Waals surface area (Å²) in [5.74, 6) is 0.155. The standard InChI is InChI=1S/C22H28O3/c1-20(2,3)13-22(14-21(22,4)5)19(24)25-12-15-10-11-18(23)17-9-7-6-8-16(15)17/h6-11,23H,12-14H2,1-5H3. The first kappa shape index (κ1) is 17.8. The molecule has 1 fully saturated rings. The van der Waals surface area contributed by atoms with Crippen LogP contribution in [-0.2, 0) is 16.1 Å². The summed E-state index contributed by atoms with van der Waals surface area (Å²) < 4.78 is 5.76. The zero-order valence-electron chi connectivity index (χ0n) is 15.8. The largest absolute Gasteiger partial charge is 0.507 e. The molecule has 0 aromatic heterocycles. The van der Waals surface area contributed by atoms with E-state index in [0.717, 1.165) is 29.2 Å². The lowest BCUT2D eigenvalue weighted by Gasteiger charge is -2.27. The number of carbonyl (C=O) groups excluding carboxylic acids is 1. The molecule has 3 rings (SSSR count). The number of rotatable bonds is 4. The SMILES string of the molecule is CC(C)(C)CC1(C(=O)OCc2ccc(O)c3ccccc23)CC1(C)C. The van der Waals surface area contributed by atoms with Crippen LogP contribution < -0.4 is 0 Å². The van der Waals surface area contributed by atoms with E-state index in [1.165, 1.54) is 0 Å². The van der Waals surface area contributed by atoms with Crippen molar-refractivity contribution in [1.29, 1.82) is 0 Å². The molecule has 25 heavy (non-hydrogen) atoms. The second-order valence-electron chi connectivity index (χ2n) is 9.25. The molecule has 0 heterocycles. The minimum absolute atomic E-state index is 0.00557. The maximum absolute atomic E-state index is 12.9. The van der Waals surface area contributed by atoms with E-state index in [0.29, 0.717) is 0 Å². The summed E-state index contributed by atoms with van der Waals surface area (Å²) in [7, 11) is 0. The fourth-order valence-corrected chi connectivity index (χ4v) is 4.09. The molecular weight excluding hydrogens is 312 g/mol. The van der Waals surface area contributed by atoms with Gasteiger partial charge in [0.2, 0.25) is 0 Å². The molecule has 3 heteroatoms. The van der Waals surface area contributed by atoms with Crippen LogP contribution in [0.3, 0.4) is 0 Å². The average Bonchev–Trinajstić information content (AvgIpc) is 3.06. The Hall–Kier alpha value is -2.03. The van der Waals surface area contributed by atoms with Gasteiger partial charge in [-0.3, -0.25) is 4.79 Å². The van der Waals surface area contributed by atoms with E-state index in [9.17, 15) is 9.90 Å². The summed E-state index contributed by atoms with van der Waals surface area (Å²) in [5, 5.41) is 11.7. The Balaban J connectivity index is 1.80. The third kappa shape index (κ3) is 3.24. The molecule has 1 aliphatic carbocycles. The Labute approximate surface area is 150 Å². The van der Waals surface area contributed by atoms with E-state index in [-0.39, 0.29) is 34.6 Å². The third-order valence-corrected chi connectivity index (χ3v) is 5.49. The Kier molecular flexibility index (Phi) is 4.09. The van der Waals surface area contributed by atoms with Gasteiger partial charge >= 0.3 is 5.97 Å². The van der Waals surface area contributed by atoms with Crippen LogP contribution in [-0.4, -0.2) is 11.1 Å². The van der Waals surface area contributed by atoms with Crippen molar-refractivity contribution >= 4 is 16.7 Å². The molecule has 1 unspecified atom stereocenters. The van der Waals surface area contributed by atoms with Crippen molar-refractivity contribution in [3.63, 3.8) is 0 Å². The summed E-state index contributed by atoms with van der Waals surface area (Å²) in [5.41, 5.74) is 0.621. The molecule has 1 atom stereocenters. The van der Waals surface area contributed by atoms with E-state index in [1.54, 1.807) is 6.07 Å². The van der Waals surface area contributed by atoms with Crippen LogP contribution in [0.4, 0.5) is 0 Å². The second-order valence-corrected chi connectivity index (χ2v) is 9.25. The molecule has 1 N–H and O–H groups in total. The molecule has 0 saturated heterocycles. The van der Waals surface area contributed by atoms with E-state index >= 15 is 0 Å². The van der Waals surface area contributed by atoms with Gasteiger partial charge < -0.3 is 9.84 Å². The monoisotopic (exact) mass is 340 g/mol. The highest BCUT2D eigenvalue weighted by Crippen LogP contribution is 2.68. The van der Waals surface area contributed by atoms with Crippen LogP contribution in [0.25, 0.3) is 10.8 Å². The molecule has 0 aliphatic heterocycles. The molecular formula is C22H28O3. The predicted molar refractivity (Wildman–Crippen MR) is 100 cm³/mol. The van der Waals surface area contributed by atoms with Gasteiger partial charge in [0.15, 0.2) is 0 Å². The van der Waals surface area contributed by atoms with Crippen molar-refractivity contribution in [1.82, 2.24) is 0 Å². The Bertz CT molecular complexity index is 814. The van der Waals surface area contributed by atoms with Crippen LogP contribution in [0.15, 0.2) is 36.4 Å². The van der Waals surface area contributed by atoms with Crippen LogP contribution in [0.2, 0.25) is 0 Å². The summed E-state index contributed by atoms with van der Waals surface area (Å²) in [6, 6.07) is 11.1. The number of esters is 1. The lowest BCUT2D eigenvalue weighted by Crippen LogP contribution is -2.28. The number of hydrogen-bond donors (Lipinski definition) is 1. The smallest absolute Gasteiger partial charge is 0.312 e. The molecule has 0 spiro atoms. The zero-order chi connectivity index (χ0) is 18.5. The summed E-state index contributed by atoms with van der Waals surface area (Å²) in [6.07, 6.45) is 1.72. The van der Waals surface area contributed by atoms with Crippen molar-refractivity contribution in [2.75, 3.05) is 0 Å². The molecule has 3 nitrogen and oxygen atoms in total. The number of hydrogen-bond acceptors (Lipinski definition) is 3. The fourth-order valence-electron chi connectivity index (χ4n) is 4.09. The molecule has 1 aliphatic rings. The lowest BCUT2D eigenvalue weighted by molar-refractivity contribution is -0.154. The third-order valence-electron chi connectivity index (χ3n) is 5.49. The molecule has 0 bridgehead atoms. The first-order valence-electron chi connectivity index (χ1n) is 8.93. The van der Waals surface area contributed by atoms with Crippen LogP contribution in [0.1, 0.15) is 53.0 Å². The van der Waals surface area contributed by atoms with Gasteiger partial charge in [0.05, 0.1) is 5.41 Å². The normalized spacial score (nSPS) is 22.0. The number of phenols is 1. The van der Waals surface area contributed by atoms with Crippen LogP contribution >= 0.6 is 0 Å². The van der Waals surface area contributed by atoms with Gasteiger partial charge in [-0.15, -0.1) is 0 Å². The Morgan fingerprint density at radius 2 is 1.72 bits per heavy atom. The summed E-state index contributed by atoms with van der Waals surface area (Å²) in [4.78, 5) is 12.9. The molecule has 1 saturated carbocycles. The highest BCUT2D eigenvalue weighted by atomic mass is 16.5. The Morgan fingerprint density at radius 1 is 1.12 bits per heavy atom. The van der Waals surface area contributed by atoms with Crippen molar-refractivity contribution in [2.45, 2.75) is 54.1 Å². The topological polar surface area (TPSA) is 46.5 Å². The van der Waals surface area contributed by atoms with E-state index in [4.69, 9.17) is 4.74 Å². The number of phenolic OH excluding ortho intramolecular Hbond substituents is 1. The maximum atomic E-state index is 12.9. The first-order valence-corrected chi connectivity index (χ1v) is 8.93. The lowest BCUT2D eigenvalue weighted by atomic mass is 9.79. The first-order chi connectivity index (χ1) is 11.6. The molecule has 134 valence electrons. The van der Waals surface area contributed by atoms with Gasteiger partial charge in [0, 0.05) is 5.39 Å². The van der Waals surface area contributed by atoms with Crippen molar-refractivity contribution in [2.24, 2.45) is 16.2 Å². The van der Waals surface area contributed by atoms with Crippen molar-refractivity contribution in [3.05, 3.63) is 42.0 Å². The molecule has 0 radical (unpaired) electrons. The predicted octanol–water partition coefficient (Wildman–Crippen LogP) is 5.44. The molecule has 0 amide bonds. The van der Waals surface area contributed by atoms with Gasteiger partial charge in [-0.2, -0.15) is 0 Å². The fraction of sp³-hybridized carbons (Fsp3) is 0.500. The Morgan fingerprint density at radius 3 is 2.28 bits per heavy atom. The van der Waals surface area contributed by atoms with Gasteiger partial charge in [0.1, 0.15) is 12.4 Å². The number of carbonyl (C=O) groups is 1. The quantitative estimate of drug-likeness (QED) is 0.754. The summed E-state index contributed by atoms with van der Waals surface area (Å²) in [6.45, 7) is 11.0. The van der Waals surface area contributed by atoms with Crippen molar-refractivity contribution in [3.8, 4) is 5.75 Å². The average molecular weight is 340 g/mol. The number of aromatic hydroxyl groups is 1. The number of fused-ring (bicyclic) bond motifs is 1. The highest BCUT2D eigenvalue weighted by molar-refractivity contribution is 5.91.